The summed E-state index contributed by atoms with van der Waals surface area (Å²) in [5, 5.41) is 2.51. The van der Waals surface area contributed by atoms with Gasteiger partial charge in [-0.25, -0.2) is 4.79 Å². The zero-order chi connectivity index (χ0) is 28.1. The van der Waals surface area contributed by atoms with Crippen molar-refractivity contribution in [1.29, 1.82) is 0 Å². The smallest absolute Gasteiger partial charge is 0.331 e. The lowest BCUT2D eigenvalue weighted by Gasteiger charge is -2.47. The second-order valence-corrected chi connectivity index (χ2v) is 11.5. The number of nitrogens with one attached hydrogen (secondary N) is 1. The summed E-state index contributed by atoms with van der Waals surface area (Å²) in [7, 11) is 0. The molecule has 1 aromatic heterocycles. The van der Waals surface area contributed by atoms with E-state index in [9.17, 15) is 19.2 Å². The third-order valence-electron chi connectivity index (χ3n) is 8.73. The van der Waals surface area contributed by atoms with E-state index >= 15 is 0 Å². The molecule has 0 spiro atoms. The number of benzene rings is 2. The molecular formula is C31H30N4O6. The van der Waals surface area contributed by atoms with Gasteiger partial charge in [-0.2, -0.15) is 0 Å². The second-order valence-electron chi connectivity index (χ2n) is 11.5. The molecule has 2 fully saturated rings. The Hall–Kier alpha value is -4.44. The number of urea groups is 1. The first kappa shape index (κ1) is 25.5. The van der Waals surface area contributed by atoms with Gasteiger partial charge in [0.05, 0.1) is 6.54 Å². The van der Waals surface area contributed by atoms with E-state index < -0.39 is 23.3 Å². The summed E-state index contributed by atoms with van der Waals surface area (Å²) in [5.74, 6) is 0.395. The molecule has 1 N–H and O–H groups in total. The molecule has 10 nitrogen and oxygen atoms in total. The lowest BCUT2D eigenvalue weighted by atomic mass is 9.75. The Bertz CT molecular complexity index is 1600. The molecule has 7 rings (SSSR count). The summed E-state index contributed by atoms with van der Waals surface area (Å²) in [4.78, 5) is 57.1. The van der Waals surface area contributed by atoms with Crippen LogP contribution in [-0.2, 0) is 29.1 Å². The first-order chi connectivity index (χ1) is 19.9. The Morgan fingerprint density at radius 1 is 0.854 bits per heavy atom. The van der Waals surface area contributed by atoms with Crippen LogP contribution in [0.5, 0.6) is 11.5 Å². The maximum absolute atomic E-state index is 14.4. The fourth-order valence-corrected chi connectivity index (χ4v) is 6.90. The minimum Gasteiger partial charge on any atom is -0.454 e. The number of barbiturate groups is 1. The number of carbonyl (C=O) groups is 3. The number of carbonyl (C=O) groups excluding carboxylic acids is 3. The van der Waals surface area contributed by atoms with Crippen LogP contribution in [0.15, 0.2) is 71.5 Å². The molecule has 5 heterocycles. The van der Waals surface area contributed by atoms with E-state index in [1.807, 2.05) is 47.0 Å². The number of imide groups is 2. The van der Waals surface area contributed by atoms with Gasteiger partial charge in [-0.1, -0.05) is 42.5 Å². The van der Waals surface area contributed by atoms with E-state index in [1.165, 1.54) is 0 Å². The first-order valence-corrected chi connectivity index (χ1v) is 13.9. The molecule has 3 aromatic rings. The van der Waals surface area contributed by atoms with Crippen LogP contribution in [0.2, 0.25) is 0 Å². The highest BCUT2D eigenvalue weighted by atomic mass is 16.7. The van der Waals surface area contributed by atoms with Gasteiger partial charge >= 0.3 is 6.03 Å². The number of aromatic nitrogens is 1. The third kappa shape index (κ3) is 4.48. The van der Waals surface area contributed by atoms with Gasteiger partial charge in [0, 0.05) is 43.9 Å². The Labute approximate surface area is 236 Å². The predicted octanol–water partition coefficient (Wildman–Crippen LogP) is 2.50. The summed E-state index contributed by atoms with van der Waals surface area (Å²) in [6.45, 7) is 2.18. The quantitative estimate of drug-likeness (QED) is 0.467. The number of fused-ring (bicyclic) bond motifs is 5. The number of pyridine rings is 1. The third-order valence-corrected chi connectivity index (χ3v) is 8.73. The van der Waals surface area contributed by atoms with Crippen molar-refractivity contribution in [1.82, 2.24) is 19.7 Å². The Morgan fingerprint density at radius 2 is 1.68 bits per heavy atom. The standard InChI is InChI=1S/C31H30N4O6/c36-27-8-4-7-24-23-11-22(16-34(24)27)14-33(17-23)18-31(13-21-9-10-25-26(12-21)41-19-40-25)28(37)32-30(39)35(29(31)38)15-20-5-2-1-3-6-20/h1-10,12,22-23H,11,13-19H2,(H,32,37,39)/t22-,23+,31-/m1/s1. The zero-order valence-electron chi connectivity index (χ0n) is 22.5. The minimum atomic E-state index is -1.54. The van der Waals surface area contributed by atoms with Gasteiger partial charge in [-0.15, -0.1) is 0 Å². The molecule has 0 aliphatic carbocycles. The lowest BCUT2D eigenvalue weighted by Crippen LogP contribution is -2.67. The number of nitrogens with zero attached hydrogens (tertiary/aromatic N) is 3. The Kier molecular flexibility index (Phi) is 6.15. The van der Waals surface area contributed by atoms with Crippen molar-refractivity contribution in [2.24, 2.45) is 11.3 Å². The number of likely N-dealkylation sites (tertiary alicyclic amines) is 1. The number of ether oxygens (including phenoxy) is 2. The van der Waals surface area contributed by atoms with Crippen molar-refractivity contribution < 1.29 is 23.9 Å². The van der Waals surface area contributed by atoms with Crippen molar-refractivity contribution in [3.8, 4) is 11.5 Å². The summed E-state index contributed by atoms with van der Waals surface area (Å²) < 4.78 is 12.9. The van der Waals surface area contributed by atoms with Crippen molar-refractivity contribution >= 4 is 17.8 Å². The van der Waals surface area contributed by atoms with Gasteiger partial charge in [-0.05, 0) is 48.1 Å². The lowest BCUT2D eigenvalue weighted by molar-refractivity contribution is -0.154. The van der Waals surface area contributed by atoms with Crippen molar-refractivity contribution in [3.63, 3.8) is 0 Å². The molecule has 0 unspecified atom stereocenters. The average molecular weight is 555 g/mol. The Balaban J connectivity index is 1.24. The van der Waals surface area contributed by atoms with Crippen LogP contribution in [0.25, 0.3) is 0 Å². The van der Waals surface area contributed by atoms with Crippen molar-refractivity contribution in [2.45, 2.75) is 31.8 Å². The normalized spacial score (nSPS) is 25.2. The Morgan fingerprint density at radius 3 is 2.54 bits per heavy atom. The van der Waals surface area contributed by atoms with E-state index in [4.69, 9.17) is 9.47 Å². The molecule has 4 aliphatic heterocycles. The van der Waals surface area contributed by atoms with Crippen LogP contribution in [0.1, 0.15) is 29.2 Å². The molecule has 10 heteroatoms. The van der Waals surface area contributed by atoms with Crippen molar-refractivity contribution in [3.05, 3.63) is 93.9 Å². The molecular weight excluding hydrogens is 524 g/mol. The summed E-state index contributed by atoms with van der Waals surface area (Å²) in [6, 6.07) is 19.3. The summed E-state index contributed by atoms with van der Waals surface area (Å²) in [5.41, 5.74) is 0.974. The molecule has 4 amide bonds. The molecule has 0 saturated carbocycles. The van der Waals surface area contributed by atoms with E-state index in [0.29, 0.717) is 31.1 Å². The van der Waals surface area contributed by atoms with Gasteiger partial charge < -0.3 is 18.9 Å². The highest BCUT2D eigenvalue weighted by Crippen LogP contribution is 2.40. The monoisotopic (exact) mass is 554 g/mol. The zero-order valence-corrected chi connectivity index (χ0v) is 22.5. The number of hydrogen-bond acceptors (Lipinski definition) is 7. The molecule has 2 aromatic carbocycles. The number of piperidine rings is 1. The predicted molar refractivity (Wildman–Crippen MR) is 147 cm³/mol. The van der Waals surface area contributed by atoms with Gasteiger partial charge in [0.1, 0.15) is 5.41 Å². The largest absolute Gasteiger partial charge is 0.454 e. The van der Waals surface area contributed by atoms with E-state index in [2.05, 4.69) is 10.2 Å². The number of amides is 4. The molecule has 2 bridgehead atoms. The molecule has 210 valence electrons. The highest BCUT2D eigenvalue weighted by molar-refractivity contribution is 6.19. The van der Waals surface area contributed by atoms with Gasteiger partial charge in [0.15, 0.2) is 11.5 Å². The van der Waals surface area contributed by atoms with E-state index in [1.54, 1.807) is 24.3 Å². The van der Waals surface area contributed by atoms with Gasteiger partial charge in [0.2, 0.25) is 18.6 Å². The molecule has 0 radical (unpaired) electrons. The second kappa shape index (κ2) is 9.88. The topological polar surface area (TPSA) is 110 Å². The summed E-state index contributed by atoms with van der Waals surface area (Å²) >= 11 is 0. The number of hydrogen-bond donors (Lipinski definition) is 1. The van der Waals surface area contributed by atoms with E-state index in [-0.39, 0.29) is 43.7 Å². The van der Waals surface area contributed by atoms with Gasteiger partial charge in [-0.3, -0.25) is 24.6 Å². The van der Waals surface area contributed by atoms with E-state index in [0.717, 1.165) is 28.1 Å². The average Bonchev–Trinajstić information content (AvgIpc) is 3.43. The van der Waals surface area contributed by atoms with Crippen LogP contribution in [0, 0.1) is 11.3 Å². The summed E-state index contributed by atoms with van der Waals surface area (Å²) in [6.07, 6.45) is 1.04. The fourth-order valence-electron chi connectivity index (χ4n) is 6.90. The molecule has 4 aliphatic rings. The molecule has 3 atom stereocenters. The molecule has 2 saturated heterocycles. The van der Waals surface area contributed by atoms with Gasteiger partial charge in [0.25, 0.3) is 5.56 Å². The SMILES string of the molecule is O=C1NC(=O)[C@@](Cc2ccc3c(c2)OCO3)(CN2C[C@H]3C[C@@H](C2)c2cccc(=O)n2C3)C(=O)N1Cc1ccccc1. The first-order valence-electron chi connectivity index (χ1n) is 13.9. The van der Waals surface area contributed by atoms with Crippen LogP contribution in [0.4, 0.5) is 4.79 Å². The van der Waals surface area contributed by atoms with Crippen molar-refractivity contribution in [2.75, 3.05) is 26.4 Å². The maximum Gasteiger partial charge on any atom is 0.331 e. The number of rotatable bonds is 6. The highest BCUT2D eigenvalue weighted by Gasteiger charge is 2.55. The van der Waals surface area contributed by atoms with Crippen LogP contribution in [-0.4, -0.2) is 58.6 Å². The molecule has 41 heavy (non-hydrogen) atoms. The van der Waals surface area contributed by atoms with Crippen LogP contribution >= 0.6 is 0 Å². The van der Waals surface area contributed by atoms with Crippen LogP contribution < -0.4 is 20.3 Å². The maximum atomic E-state index is 14.4. The minimum absolute atomic E-state index is 0.00170. The van der Waals surface area contributed by atoms with Crippen LogP contribution in [0.3, 0.4) is 0 Å². The fraction of sp³-hybridized carbons (Fsp3) is 0.355.